The second-order valence-electron chi connectivity index (χ2n) is 6.37. The topological polar surface area (TPSA) is 41.5 Å². The summed E-state index contributed by atoms with van der Waals surface area (Å²) in [7, 11) is 0. The molecular weight excluding hydrogens is 250 g/mol. The van der Waals surface area contributed by atoms with Crippen LogP contribution in [0, 0.1) is 5.41 Å². The van der Waals surface area contributed by atoms with Crippen LogP contribution in [0.15, 0.2) is 30.3 Å². The highest BCUT2D eigenvalue weighted by Crippen LogP contribution is 2.29. The van der Waals surface area contributed by atoms with Crippen LogP contribution in [-0.4, -0.2) is 31.5 Å². The summed E-state index contributed by atoms with van der Waals surface area (Å²) in [5.41, 5.74) is 1.64. The maximum atomic E-state index is 8.65. The van der Waals surface area contributed by atoms with E-state index in [1.54, 1.807) is 0 Å². The second kappa shape index (κ2) is 9.11. The van der Waals surface area contributed by atoms with Crippen LogP contribution >= 0.6 is 0 Å². The lowest BCUT2D eigenvalue weighted by Crippen LogP contribution is -2.27. The summed E-state index contributed by atoms with van der Waals surface area (Å²) in [5.74, 6) is 0. The Kier molecular flexibility index (Phi) is 7.82. The predicted octanol–water partition coefficient (Wildman–Crippen LogP) is 3.15. The van der Waals surface area contributed by atoms with Gasteiger partial charge < -0.3 is 15.2 Å². The molecule has 0 bridgehead atoms. The van der Waals surface area contributed by atoms with Gasteiger partial charge in [0.1, 0.15) is 0 Å². The van der Waals surface area contributed by atoms with Gasteiger partial charge >= 0.3 is 0 Å². The van der Waals surface area contributed by atoms with Crippen molar-refractivity contribution in [1.82, 2.24) is 5.32 Å². The van der Waals surface area contributed by atoms with Gasteiger partial charge in [-0.2, -0.15) is 0 Å². The number of hydrogen-bond donors (Lipinski definition) is 2. The number of aliphatic hydroxyl groups is 1. The minimum Gasteiger partial charge on any atom is -0.394 e. The van der Waals surface area contributed by atoms with E-state index < -0.39 is 0 Å². The zero-order chi connectivity index (χ0) is 14.8. The lowest BCUT2D eigenvalue weighted by molar-refractivity contribution is 0.0901. The Morgan fingerprint density at radius 3 is 2.45 bits per heavy atom. The molecule has 0 aromatic heterocycles. The molecule has 114 valence electrons. The zero-order valence-electron chi connectivity index (χ0n) is 13.1. The van der Waals surface area contributed by atoms with Crippen LogP contribution in [0.4, 0.5) is 0 Å². The largest absolute Gasteiger partial charge is 0.394 e. The van der Waals surface area contributed by atoms with Crippen LogP contribution in [-0.2, 0) is 4.74 Å². The molecule has 0 aliphatic carbocycles. The zero-order valence-corrected chi connectivity index (χ0v) is 13.1. The van der Waals surface area contributed by atoms with Crippen molar-refractivity contribution >= 4 is 0 Å². The minimum absolute atomic E-state index is 0.101. The molecule has 0 heterocycles. The van der Waals surface area contributed by atoms with Crippen molar-refractivity contribution < 1.29 is 9.84 Å². The molecule has 1 aromatic rings. The molecule has 2 N–H and O–H groups in total. The first-order chi connectivity index (χ1) is 9.53. The van der Waals surface area contributed by atoms with Gasteiger partial charge in [-0.3, -0.25) is 0 Å². The standard InChI is InChI=1S/C17H29NO2/c1-17(2,3)14-16(15-8-5-4-6-9-15)18-10-7-12-20-13-11-19/h4-6,8-9,16,18-19H,7,10-14H2,1-3H3. The summed E-state index contributed by atoms with van der Waals surface area (Å²) in [6.45, 7) is 8.98. The molecule has 3 heteroatoms. The molecule has 0 radical (unpaired) electrons. The van der Waals surface area contributed by atoms with Crippen LogP contribution in [0.5, 0.6) is 0 Å². The third-order valence-corrected chi connectivity index (χ3v) is 3.11. The van der Waals surface area contributed by atoms with E-state index in [2.05, 4.69) is 56.4 Å². The smallest absolute Gasteiger partial charge is 0.0697 e. The number of benzene rings is 1. The number of hydrogen-bond acceptors (Lipinski definition) is 3. The fourth-order valence-corrected chi connectivity index (χ4v) is 2.22. The second-order valence-corrected chi connectivity index (χ2v) is 6.37. The van der Waals surface area contributed by atoms with Crippen molar-refractivity contribution in [2.75, 3.05) is 26.4 Å². The van der Waals surface area contributed by atoms with Crippen LogP contribution < -0.4 is 5.32 Å². The van der Waals surface area contributed by atoms with Gasteiger partial charge in [0.25, 0.3) is 0 Å². The lowest BCUT2D eigenvalue weighted by atomic mass is 9.85. The van der Waals surface area contributed by atoms with Crippen molar-refractivity contribution in [2.45, 2.75) is 39.7 Å². The number of nitrogens with one attached hydrogen (secondary N) is 1. The highest BCUT2D eigenvalue weighted by molar-refractivity contribution is 5.19. The number of aliphatic hydroxyl groups excluding tert-OH is 1. The highest BCUT2D eigenvalue weighted by atomic mass is 16.5. The van der Waals surface area contributed by atoms with E-state index in [0.717, 1.165) is 19.4 Å². The first kappa shape index (κ1) is 17.2. The van der Waals surface area contributed by atoms with E-state index in [1.165, 1.54) is 5.56 Å². The van der Waals surface area contributed by atoms with Crippen molar-refractivity contribution in [3.8, 4) is 0 Å². The fourth-order valence-electron chi connectivity index (χ4n) is 2.22. The first-order valence-electron chi connectivity index (χ1n) is 7.50. The molecule has 0 aliphatic rings. The summed E-state index contributed by atoms with van der Waals surface area (Å²) >= 11 is 0. The normalized spacial score (nSPS) is 13.4. The van der Waals surface area contributed by atoms with Gasteiger partial charge in [-0.15, -0.1) is 0 Å². The van der Waals surface area contributed by atoms with Gasteiger partial charge in [0.05, 0.1) is 13.2 Å². The van der Waals surface area contributed by atoms with Crippen LogP contribution in [0.1, 0.15) is 45.2 Å². The molecule has 0 saturated carbocycles. The molecule has 0 spiro atoms. The Bertz CT molecular complexity index is 346. The molecule has 0 fully saturated rings. The Balaban J connectivity index is 2.43. The van der Waals surface area contributed by atoms with E-state index in [9.17, 15) is 0 Å². The highest BCUT2D eigenvalue weighted by Gasteiger charge is 2.19. The summed E-state index contributed by atoms with van der Waals surface area (Å²) in [4.78, 5) is 0. The molecule has 20 heavy (non-hydrogen) atoms. The van der Waals surface area contributed by atoms with Gasteiger partial charge in [0.15, 0.2) is 0 Å². The third kappa shape index (κ3) is 7.63. The Hall–Kier alpha value is -0.900. The van der Waals surface area contributed by atoms with Gasteiger partial charge in [-0.1, -0.05) is 51.1 Å². The van der Waals surface area contributed by atoms with E-state index in [-0.39, 0.29) is 6.61 Å². The molecular formula is C17H29NO2. The van der Waals surface area contributed by atoms with Crippen LogP contribution in [0.25, 0.3) is 0 Å². The van der Waals surface area contributed by atoms with Crippen molar-refractivity contribution in [3.63, 3.8) is 0 Å². The monoisotopic (exact) mass is 279 g/mol. The first-order valence-corrected chi connectivity index (χ1v) is 7.50. The van der Waals surface area contributed by atoms with E-state index >= 15 is 0 Å². The molecule has 1 unspecified atom stereocenters. The quantitative estimate of drug-likeness (QED) is 0.682. The molecule has 1 rings (SSSR count). The van der Waals surface area contributed by atoms with Crippen LogP contribution in [0.3, 0.4) is 0 Å². The van der Waals surface area contributed by atoms with Crippen molar-refractivity contribution in [2.24, 2.45) is 5.41 Å². The Labute approximate surface area is 123 Å². The number of rotatable bonds is 9. The van der Waals surface area contributed by atoms with E-state index in [1.807, 2.05) is 0 Å². The van der Waals surface area contributed by atoms with Gasteiger partial charge in [0, 0.05) is 12.6 Å². The molecule has 3 nitrogen and oxygen atoms in total. The predicted molar refractivity (Wildman–Crippen MR) is 83.8 cm³/mol. The van der Waals surface area contributed by atoms with Crippen LogP contribution in [0.2, 0.25) is 0 Å². The summed E-state index contributed by atoms with van der Waals surface area (Å²) in [6.07, 6.45) is 2.07. The molecule has 0 aliphatic heterocycles. The Morgan fingerprint density at radius 2 is 1.85 bits per heavy atom. The summed E-state index contributed by atoms with van der Waals surface area (Å²) in [5, 5.41) is 12.3. The fraction of sp³-hybridized carbons (Fsp3) is 0.647. The summed E-state index contributed by atoms with van der Waals surface area (Å²) < 4.78 is 5.28. The lowest BCUT2D eigenvalue weighted by Gasteiger charge is -2.27. The SMILES string of the molecule is CC(C)(C)CC(NCCCOCCO)c1ccccc1. The average molecular weight is 279 g/mol. The van der Waals surface area contributed by atoms with E-state index in [0.29, 0.717) is 24.7 Å². The maximum Gasteiger partial charge on any atom is 0.0697 e. The molecule has 1 atom stereocenters. The van der Waals surface area contributed by atoms with E-state index in [4.69, 9.17) is 9.84 Å². The maximum absolute atomic E-state index is 8.65. The molecule has 0 saturated heterocycles. The van der Waals surface area contributed by atoms with Gasteiger partial charge in [-0.05, 0) is 30.4 Å². The average Bonchev–Trinajstić information content (AvgIpc) is 2.41. The molecule has 1 aromatic carbocycles. The number of ether oxygens (including phenoxy) is 1. The van der Waals surface area contributed by atoms with Crippen molar-refractivity contribution in [3.05, 3.63) is 35.9 Å². The van der Waals surface area contributed by atoms with Gasteiger partial charge in [-0.25, -0.2) is 0 Å². The van der Waals surface area contributed by atoms with Gasteiger partial charge in [0.2, 0.25) is 0 Å². The third-order valence-electron chi connectivity index (χ3n) is 3.11. The Morgan fingerprint density at radius 1 is 1.15 bits per heavy atom. The van der Waals surface area contributed by atoms with Crippen molar-refractivity contribution in [1.29, 1.82) is 0 Å². The minimum atomic E-state index is 0.101. The summed E-state index contributed by atoms with van der Waals surface area (Å²) in [6, 6.07) is 11.0. The molecule has 0 amide bonds.